The fourth-order valence-corrected chi connectivity index (χ4v) is 5.86. The lowest BCUT2D eigenvalue weighted by atomic mass is 9.84. The van der Waals surface area contributed by atoms with Crippen LogP contribution in [0.4, 0.5) is 13.2 Å². The van der Waals surface area contributed by atoms with Gasteiger partial charge in [0.25, 0.3) is 0 Å². The summed E-state index contributed by atoms with van der Waals surface area (Å²) >= 11 is 0. The number of alkyl halides is 3. The van der Waals surface area contributed by atoms with Crippen molar-refractivity contribution in [3.05, 3.63) is 145 Å². The second kappa shape index (κ2) is 9.39. The molecule has 40 heavy (non-hydrogen) atoms. The third-order valence-corrected chi connectivity index (χ3v) is 7.69. The van der Waals surface area contributed by atoms with Gasteiger partial charge in [-0.05, 0) is 77.8 Å². The standard InChI is InChI=1S/C37H23F3/c38-37(39,40)28-21-22-33-34(23-28)36(30-16-8-12-26-11-4-5-13-29(26)30)32-15-7-6-14-31(32)35(33)27-19-17-25(18-20-27)24-9-2-1-3-10-24/h1-23H. The first-order valence-corrected chi connectivity index (χ1v) is 13.2. The van der Waals surface area contributed by atoms with Crippen molar-refractivity contribution in [2.75, 3.05) is 0 Å². The van der Waals surface area contributed by atoms with Gasteiger partial charge in [-0.1, -0.05) is 127 Å². The van der Waals surface area contributed by atoms with Gasteiger partial charge in [-0.2, -0.15) is 13.2 Å². The van der Waals surface area contributed by atoms with E-state index < -0.39 is 11.7 Å². The van der Waals surface area contributed by atoms with Crippen LogP contribution in [0.5, 0.6) is 0 Å². The largest absolute Gasteiger partial charge is 0.416 e. The second-order valence-electron chi connectivity index (χ2n) is 10.0. The molecular weight excluding hydrogens is 501 g/mol. The molecule has 7 aromatic carbocycles. The molecule has 192 valence electrons. The number of fused-ring (bicyclic) bond motifs is 3. The molecule has 0 bridgehead atoms. The van der Waals surface area contributed by atoms with E-state index in [1.165, 1.54) is 12.1 Å². The molecule has 0 aliphatic heterocycles. The molecule has 0 fully saturated rings. The van der Waals surface area contributed by atoms with E-state index in [0.717, 1.165) is 60.3 Å². The minimum absolute atomic E-state index is 0.590. The average Bonchev–Trinajstić information content (AvgIpc) is 2.99. The molecule has 0 aliphatic rings. The van der Waals surface area contributed by atoms with Crippen LogP contribution in [-0.2, 0) is 6.18 Å². The summed E-state index contributed by atoms with van der Waals surface area (Å²) in [5, 5.41) is 5.37. The van der Waals surface area contributed by atoms with E-state index in [2.05, 4.69) is 42.5 Å². The molecule has 0 saturated carbocycles. The van der Waals surface area contributed by atoms with Crippen LogP contribution in [0.2, 0.25) is 0 Å². The molecule has 0 spiro atoms. The third-order valence-electron chi connectivity index (χ3n) is 7.69. The van der Waals surface area contributed by atoms with Crippen LogP contribution < -0.4 is 0 Å². The van der Waals surface area contributed by atoms with Crippen LogP contribution in [0.3, 0.4) is 0 Å². The van der Waals surface area contributed by atoms with Crippen molar-refractivity contribution in [3.8, 4) is 33.4 Å². The summed E-state index contributed by atoms with van der Waals surface area (Å²) in [6.45, 7) is 0. The molecule has 0 aliphatic carbocycles. The summed E-state index contributed by atoms with van der Waals surface area (Å²) in [7, 11) is 0. The van der Waals surface area contributed by atoms with Gasteiger partial charge in [0, 0.05) is 0 Å². The number of hydrogen-bond donors (Lipinski definition) is 0. The van der Waals surface area contributed by atoms with Crippen molar-refractivity contribution in [3.63, 3.8) is 0 Å². The van der Waals surface area contributed by atoms with Gasteiger partial charge in [0.15, 0.2) is 0 Å². The number of rotatable bonds is 3. The number of benzene rings is 7. The zero-order valence-corrected chi connectivity index (χ0v) is 21.4. The van der Waals surface area contributed by atoms with Crippen LogP contribution >= 0.6 is 0 Å². The lowest BCUT2D eigenvalue weighted by Crippen LogP contribution is -2.05. The van der Waals surface area contributed by atoms with Crippen molar-refractivity contribution in [2.24, 2.45) is 0 Å². The summed E-state index contributed by atoms with van der Waals surface area (Å²) < 4.78 is 42.1. The maximum Gasteiger partial charge on any atom is 0.416 e. The van der Waals surface area contributed by atoms with Crippen LogP contribution in [-0.4, -0.2) is 0 Å². The van der Waals surface area contributed by atoms with E-state index in [0.29, 0.717) is 5.39 Å². The quantitative estimate of drug-likeness (QED) is 0.202. The third kappa shape index (κ3) is 4.02. The maximum atomic E-state index is 14.0. The van der Waals surface area contributed by atoms with Crippen LogP contribution in [0, 0.1) is 0 Å². The second-order valence-corrected chi connectivity index (χ2v) is 10.0. The minimum Gasteiger partial charge on any atom is -0.166 e. The summed E-state index contributed by atoms with van der Waals surface area (Å²) in [5.74, 6) is 0. The van der Waals surface area contributed by atoms with E-state index in [1.54, 1.807) is 6.07 Å². The van der Waals surface area contributed by atoms with Gasteiger partial charge in [-0.15, -0.1) is 0 Å². The lowest BCUT2D eigenvalue weighted by molar-refractivity contribution is -0.137. The highest BCUT2D eigenvalue weighted by Crippen LogP contribution is 2.46. The Hall–Kier alpha value is -4.89. The molecule has 3 heteroatoms. The summed E-state index contributed by atoms with van der Waals surface area (Å²) in [6, 6.07) is 44.7. The fourth-order valence-electron chi connectivity index (χ4n) is 5.86. The van der Waals surface area contributed by atoms with Gasteiger partial charge in [-0.3, -0.25) is 0 Å². The summed E-state index contributed by atoms with van der Waals surface area (Å²) in [5.41, 5.74) is 5.19. The summed E-state index contributed by atoms with van der Waals surface area (Å²) in [6.07, 6.45) is -4.45. The highest BCUT2D eigenvalue weighted by molar-refractivity contribution is 6.23. The zero-order chi connectivity index (χ0) is 27.3. The monoisotopic (exact) mass is 524 g/mol. The predicted octanol–water partition coefficient (Wildman–Crippen LogP) is 11.2. The van der Waals surface area contributed by atoms with E-state index >= 15 is 0 Å². The van der Waals surface area contributed by atoms with E-state index in [-0.39, 0.29) is 0 Å². The Bertz CT molecular complexity index is 2010. The van der Waals surface area contributed by atoms with Gasteiger partial charge >= 0.3 is 6.18 Å². The Kier molecular flexibility index (Phi) is 5.67. The molecule has 0 N–H and O–H groups in total. The SMILES string of the molecule is FC(F)(F)c1ccc2c(-c3ccc(-c4ccccc4)cc3)c3ccccc3c(-c3cccc4ccccc34)c2c1. The van der Waals surface area contributed by atoms with Gasteiger partial charge in [-0.25, -0.2) is 0 Å². The predicted molar refractivity (Wildman–Crippen MR) is 160 cm³/mol. The highest BCUT2D eigenvalue weighted by Gasteiger charge is 2.31. The molecule has 7 rings (SSSR count). The smallest absolute Gasteiger partial charge is 0.166 e. The molecule has 0 atom stereocenters. The molecule has 0 unspecified atom stereocenters. The Morgan fingerprint density at radius 2 is 0.925 bits per heavy atom. The van der Waals surface area contributed by atoms with Crippen molar-refractivity contribution in [1.82, 2.24) is 0 Å². The summed E-state index contributed by atoms with van der Waals surface area (Å²) in [4.78, 5) is 0. The van der Waals surface area contributed by atoms with E-state index in [9.17, 15) is 13.2 Å². The first kappa shape index (κ1) is 24.2. The number of hydrogen-bond acceptors (Lipinski definition) is 0. The topological polar surface area (TPSA) is 0 Å². The lowest BCUT2D eigenvalue weighted by Gasteiger charge is -2.20. The molecule has 0 amide bonds. The number of halogens is 3. The Morgan fingerprint density at radius 1 is 0.375 bits per heavy atom. The molecule has 0 saturated heterocycles. The maximum absolute atomic E-state index is 14.0. The highest BCUT2D eigenvalue weighted by atomic mass is 19.4. The van der Waals surface area contributed by atoms with Crippen molar-refractivity contribution in [1.29, 1.82) is 0 Å². The van der Waals surface area contributed by atoms with Gasteiger partial charge in [0.1, 0.15) is 0 Å². The van der Waals surface area contributed by atoms with Crippen LogP contribution in [0.25, 0.3) is 65.7 Å². The first-order chi connectivity index (χ1) is 19.5. The molecule has 0 heterocycles. The normalized spacial score (nSPS) is 11.9. The molecule has 7 aromatic rings. The van der Waals surface area contributed by atoms with Gasteiger partial charge in [0.05, 0.1) is 5.56 Å². The molecule has 0 nitrogen and oxygen atoms in total. The van der Waals surface area contributed by atoms with Crippen molar-refractivity contribution >= 4 is 32.3 Å². The van der Waals surface area contributed by atoms with Crippen molar-refractivity contribution in [2.45, 2.75) is 6.18 Å². The minimum atomic E-state index is -4.45. The van der Waals surface area contributed by atoms with Gasteiger partial charge < -0.3 is 0 Å². The fraction of sp³-hybridized carbons (Fsp3) is 0.0270. The first-order valence-electron chi connectivity index (χ1n) is 13.2. The Morgan fingerprint density at radius 3 is 1.65 bits per heavy atom. The Balaban J connectivity index is 1.58. The van der Waals surface area contributed by atoms with E-state index in [4.69, 9.17) is 0 Å². The molecule has 0 radical (unpaired) electrons. The van der Waals surface area contributed by atoms with Crippen LogP contribution in [0.1, 0.15) is 5.56 Å². The van der Waals surface area contributed by atoms with Gasteiger partial charge in [0.2, 0.25) is 0 Å². The zero-order valence-electron chi connectivity index (χ0n) is 21.4. The van der Waals surface area contributed by atoms with Crippen LogP contribution in [0.15, 0.2) is 140 Å². The van der Waals surface area contributed by atoms with Crippen molar-refractivity contribution < 1.29 is 13.2 Å². The molecule has 0 aromatic heterocycles. The average molecular weight is 525 g/mol. The van der Waals surface area contributed by atoms with E-state index in [1.807, 2.05) is 78.9 Å². The molecular formula is C37H23F3. The Labute approximate surface area is 230 Å².